The van der Waals surface area contributed by atoms with Crippen molar-refractivity contribution in [3.8, 4) is 5.95 Å². The number of aliphatic hydroxyl groups is 1. The molecule has 1 unspecified atom stereocenters. The number of anilines is 2. The summed E-state index contributed by atoms with van der Waals surface area (Å²) >= 11 is 0. The summed E-state index contributed by atoms with van der Waals surface area (Å²) in [5.41, 5.74) is 5.81. The Kier molecular flexibility index (Phi) is 3.96. The molecule has 2 aromatic rings. The second kappa shape index (κ2) is 6.04. The lowest BCUT2D eigenvalue weighted by atomic mass is 10.1. The first-order valence-electron chi connectivity index (χ1n) is 7.17. The normalized spacial score (nSPS) is 19.5. The second-order valence-corrected chi connectivity index (χ2v) is 5.12. The predicted octanol–water partition coefficient (Wildman–Crippen LogP) is 0.381. The van der Waals surface area contributed by atoms with Gasteiger partial charge in [0.15, 0.2) is 0 Å². The lowest BCUT2D eigenvalue weighted by Gasteiger charge is -2.28. The molecule has 0 aliphatic carbocycles. The van der Waals surface area contributed by atoms with Crippen LogP contribution in [0.3, 0.4) is 0 Å². The topological polar surface area (TPSA) is 106 Å². The SMILES string of the molecule is Nc1nc(N2CCCCCC2CO)nc(-n2cccn2)n1. The Labute approximate surface area is 122 Å². The van der Waals surface area contributed by atoms with E-state index in [-0.39, 0.29) is 18.6 Å². The Bertz CT molecular complexity index is 586. The maximum atomic E-state index is 9.61. The summed E-state index contributed by atoms with van der Waals surface area (Å²) in [6.45, 7) is 0.899. The van der Waals surface area contributed by atoms with E-state index in [1.807, 2.05) is 4.90 Å². The number of aromatic nitrogens is 5. The monoisotopic (exact) mass is 289 g/mol. The number of hydrogen-bond donors (Lipinski definition) is 2. The van der Waals surface area contributed by atoms with Crippen LogP contribution in [0, 0.1) is 0 Å². The smallest absolute Gasteiger partial charge is 0.257 e. The van der Waals surface area contributed by atoms with Crippen LogP contribution in [0.1, 0.15) is 25.7 Å². The van der Waals surface area contributed by atoms with Crippen LogP contribution in [0.4, 0.5) is 11.9 Å². The molecule has 0 radical (unpaired) electrons. The first-order chi connectivity index (χ1) is 10.3. The van der Waals surface area contributed by atoms with Crippen LogP contribution in [-0.2, 0) is 0 Å². The fraction of sp³-hybridized carbons (Fsp3) is 0.538. The summed E-state index contributed by atoms with van der Waals surface area (Å²) < 4.78 is 1.55. The molecule has 1 atom stereocenters. The highest BCUT2D eigenvalue weighted by atomic mass is 16.3. The van der Waals surface area contributed by atoms with Crippen LogP contribution >= 0.6 is 0 Å². The zero-order valence-electron chi connectivity index (χ0n) is 11.8. The first-order valence-corrected chi connectivity index (χ1v) is 7.17. The van der Waals surface area contributed by atoms with E-state index in [2.05, 4.69) is 20.1 Å². The molecule has 3 heterocycles. The molecule has 8 nitrogen and oxygen atoms in total. The minimum atomic E-state index is 0.0276. The molecule has 1 aliphatic rings. The van der Waals surface area contributed by atoms with Crippen LogP contribution in [0.2, 0.25) is 0 Å². The molecule has 2 aromatic heterocycles. The quantitative estimate of drug-likeness (QED) is 0.841. The van der Waals surface area contributed by atoms with Gasteiger partial charge in [-0.15, -0.1) is 0 Å². The number of nitrogen functional groups attached to an aromatic ring is 1. The Balaban J connectivity index is 1.96. The summed E-state index contributed by atoms with van der Waals surface area (Å²) in [5, 5.41) is 13.7. The third-order valence-electron chi connectivity index (χ3n) is 3.68. The molecule has 1 fully saturated rings. The molecule has 112 valence electrons. The zero-order valence-corrected chi connectivity index (χ0v) is 11.8. The van der Waals surface area contributed by atoms with Crippen molar-refractivity contribution in [1.29, 1.82) is 0 Å². The van der Waals surface area contributed by atoms with E-state index in [9.17, 15) is 5.11 Å². The molecular weight excluding hydrogens is 270 g/mol. The molecule has 1 saturated heterocycles. The van der Waals surface area contributed by atoms with E-state index < -0.39 is 0 Å². The Hall–Kier alpha value is -2.22. The van der Waals surface area contributed by atoms with Crippen LogP contribution in [-0.4, -0.2) is 49.0 Å². The zero-order chi connectivity index (χ0) is 14.7. The maximum Gasteiger partial charge on any atom is 0.257 e. The van der Waals surface area contributed by atoms with Gasteiger partial charge in [0.1, 0.15) is 0 Å². The summed E-state index contributed by atoms with van der Waals surface area (Å²) in [4.78, 5) is 14.8. The third-order valence-corrected chi connectivity index (χ3v) is 3.68. The fourth-order valence-corrected chi connectivity index (χ4v) is 2.62. The molecule has 8 heteroatoms. The number of aliphatic hydroxyl groups excluding tert-OH is 1. The lowest BCUT2D eigenvalue weighted by Crippen LogP contribution is -2.39. The van der Waals surface area contributed by atoms with E-state index in [0.717, 1.165) is 32.2 Å². The highest BCUT2D eigenvalue weighted by Crippen LogP contribution is 2.22. The van der Waals surface area contributed by atoms with Gasteiger partial charge >= 0.3 is 0 Å². The maximum absolute atomic E-state index is 9.61. The van der Waals surface area contributed by atoms with Crippen LogP contribution in [0.5, 0.6) is 0 Å². The average Bonchev–Trinajstić information content (AvgIpc) is 2.91. The minimum absolute atomic E-state index is 0.0276. The minimum Gasteiger partial charge on any atom is -0.394 e. The van der Waals surface area contributed by atoms with E-state index in [4.69, 9.17) is 5.73 Å². The fourth-order valence-electron chi connectivity index (χ4n) is 2.62. The second-order valence-electron chi connectivity index (χ2n) is 5.12. The van der Waals surface area contributed by atoms with Gasteiger partial charge in [-0.2, -0.15) is 20.1 Å². The van der Waals surface area contributed by atoms with E-state index in [0.29, 0.717) is 11.9 Å². The van der Waals surface area contributed by atoms with Crippen LogP contribution in [0.15, 0.2) is 18.5 Å². The van der Waals surface area contributed by atoms with Gasteiger partial charge in [0, 0.05) is 18.9 Å². The molecule has 0 aromatic carbocycles. The molecule has 3 N–H and O–H groups in total. The van der Waals surface area contributed by atoms with Gasteiger partial charge in [-0.05, 0) is 18.9 Å². The highest BCUT2D eigenvalue weighted by Gasteiger charge is 2.23. The van der Waals surface area contributed by atoms with E-state index >= 15 is 0 Å². The van der Waals surface area contributed by atoms with Crippen molar-refractivity contribution >= 4 is 11.9 Å². The van der Waals surface area contributed by atoms with Gasteiger partial charge < -0.3 is 15.7 Å². The summed E-state index contributed by atoms with van der Waals surface area (Å²) in [7, 11) is 0. The molecule has 0 spiro atoms. The Morgan fingerprint density at radius 2 is 2.05 bits per heavy atom. The highest BCUT2D eigenvalue weighted by molar-refractivity contribution is 5.39. The van der Waals surface area contributed by atoms with Crippen LogP contribution in [0.25, 0.3) is 5.95 Å². The average molecular weight is 289 g/mol. The summed E-state index contributed by atoms with van der Waals surface area (Å²) in [6, 6.07) is 1.82. The lowest BCUT2D eigenvalue weighted by molar-refractivity contribution is 0.254. The summed E-state index contributed by atoms with van der Waals surface area (Å²) in [6.07, 6.45) is 7.65. The van der Waals surface area contributed by atoms with E-state index in [1.54, 1.807) is 23.1 Å². The molecule has 0 bridgehead atoms. The molecule has 1 aliphatic heterocycles. The van der Waals surface area contributed by atoms with Gasteiger partial charge in [-0.25, -0.2) is 4.68 Å². The Morgan fingerprint density at radius 1 is 1.19 bits per heavy atom. The predicted molar refractivity (Wildman–Crippen MR) is 78.0 cm³/mol. The molecule has 21 heavy (non-hydrogen) atoms. The van der Waals surface area contributed by atoms with Gasteiger partial charge in [-0.1, -0.05) is 12.8 Å². The largest absolute Gasteiger partial charge is 0.394 e. The van der Waals surface area contributed by atoms with Crippen molar-refractivity contribution in [1.82, 2.24) is 24.7 Å². The number of rotatable bonds is 3. The van der Waals surface area contributed by atoms with Crippen molar-refractivity contribution in [2.75, 3.05) is 23.8 Å². The molecular formula is C13H19N7O. The van der Waals surface area contributed by atoms with Gasteiger partial charge in [-0.3, -0.25) is 0 Å². The van der Waals surface area contributed by atoms with Gasteiger partial charge in [0.2, 0.25) is 11.9 Å². The Morgan fingerprint density at radius 3 is 2.81 bits per heavy atom. The van der Waals surface area contributed by atoms with Gasteiger partial charge in [0.05, 0.1) is 12.6 Å². The first kappa shape index (κ1) is 13.7. The van der Waals surface area contributed by atoms with Crippen molar-refractivity contribution in [3.05, 3.63) is 18.5 Å². The van der Waals surface area contributed by atoms with Crippen molar-refractivity contribution in [2.45, 2.75) is 31.7 Å². The summed E-state index contributed by atoms with van der Waals surface area (Å²) in [5.74, 6) is 1.06. The van der Waals surface area contributed by atoms with Crippen molar-refractivity contribution in [3.63, 3.8) is 0 Å². The third kappa shape index (κ3) is 2.94. The number of hydrogen-bond acceptors (Lipinski definition) is 7. The molecule has 3 rings (SSSR count). The number of nitrogens with two attached hydrogens (primary N) is 1. The standard InChI is InChI=1S/C13H19N7O/c14-11-16-12(18-13(17-11)20-8-4-6-15-20)19-7-3-1-2-5-10(19)9-21/h4,6,8,10,21H,1-3,5,7,9H2,(H2,14,16,17,18). The van der Waals surface area contributed by atoms with Crippen LogP contribution < -0.4 is 10.6 Å². The van der Waals surface area contributed by atoms with Crippen molar-refractivity contribution in [2.24, 2.45) is 0 Å². The van der Waals surface area contributed by atoms with E-state index in [1.165, 1.54) is 0 Å². The van der Waals surface area contributed by atoms with Gasteiger partial charge in [0.25, 0.3) is 5.95 Å². The molecule has 0 amide bonds. The molecule has 0 saturated carbocycles. The number of nitrogens with zero attached hydrogens (tertiary/aromatic N) is 6. The van der Waals surface area contributed by atoms with Crippen molar-refractivity contribution < 1.29 is 5.11 Å².